The van der Waals surface area contributed by atoms with Crippen LogP contribution >= 0.6 is 7.29 Å². The molecule has 1 N–H and O–H groups in total. The van der Waals surface area contributed by atoms with Gasteiger partial charge in [-0.1, -0.05) is 81.4 Å². The number of hydrogen-bond acceptors (Lipinski definition) is 1. The van der Waals surface area contributed by atoms with Gasteiger partial charge in [-0.05, 0) is 40.3 Å². The summed E-state index contributed by atoms with van der Waals surface area (Å²) >= 11 is 0. The summed E-state index contributed by atoms with van der Waals surface area (Å²) in [5, 5.41) is 2.53. The summed E-state index contributed by atoms with van der Waals surface area (Å²) in [6.07, 6.45) is 0. The lowest BCUT2D eigenvalue weighted by Gasteiger charge is -2.25. The molecule has 8 heteroatoms. The Morgan fingerprint density at radius 2 is 1.14 bits per heavy atom. The molecule has 0 bridgehead atoms. The Labute approximate surface area is 206 Å². The van der Waals surface area contributed by atoms with Gasteiger partial charge in [0, 0.05) is 10.6 Å². The van der Waals surface area contributed by atoms with Crippen LogP contribution in [0.5, 0.6) is 0 Å². The summed E-state index contributed by atoms with van der Waals surface area (Å²) in [6.45, 7) is 6.19. The van der Waals surface area contributed by atoms with E-state index < -0.39 is 42.1 Å². The molecule has 186 valence electrons. The van der Waals surface area contributed by atoms with Crippen molar-refractivity contribution in [1.82, 2.24) is 0 Å². The third-order valence-electron chi connectivity index (χ3n) is 5.90. The molecular formula is C28H23F5NOP. The maximum atomic E-state index is 14.6. The summed E-state index contributed by atoms with van der Waals surface area (Å²) in [7, 11) is -4.19. The van der Waals surface area contributed by atoms with Gasteiger partial charge in [-0.3, -0.25) is 4.57 Å². The van der Waals surface area contributed by atoms with E-state index in [4.69, 9.17) is 0 Å². The molecule has 4 rings (SSSR count). The van der Waals surface area contributed by atoms with Crippen LogP contribution < -0.4 is 15.7 Å². The van der Waals surface area contributed by atoms with Crippen LogP contribution in [-0.2, 0) is 9.98 Å². The van der Waals surface area contributed by atoms with Crippen molar-refractivity contribution in [2.24, 2.45) is 0 Å². The zero-order valence-corrected chi connectivity index (χ0v) is 20.6. The second kappa shape index (κ2) is 9.55. The van der Waals surface area contributed by atoms with Crippen LogP contribution in [0.3, 0.4) is 0 Å². The molecular weight excluding hydrogens is 492 g/mol. The molecule has 0 saturated heterocycles. The molecule has 0 saturated carbocycles. The largest absolute Gasteiger partial charge is 0.324 e. The van der Waals surface area contributed by atoms with E-state index in [9.17, 15) is 26.5 Å². The van der Waals surface area contributed by atoms with Crippen molar-refractivity contribution in [3.05, 3.63) is 114 Å². The smallest absolute Gasteiger partial charge is 0.227 e. The molecule has 2 nitrogen and oxygen atoms in total. The van der Waals surface area contributed by atoms with E-state index >= 15 is 0 Å². The van der Waals surface area contributed by atoms with Crippen molar-refractivity contribution < 1.29 is 26.5 Å². The number of nitrogens with one attached hydrogen (secondary N) is 1. The SMILES string of the molecule is CC(C)(C)c1ccc(-c2ccccc2P(=O)(Nc2c(F)c(F)c(F)c(F)c2F)c2ccccc2)cc1. The van der Waals surface area contributed by atoms with E-state index in [1.165, 1.54) is 18.2 Å². The minimum absolute atomic E-state index is 0.106. The summed E-state index contributed by atoms with van der Waals surface area (Å²) in [6, 6.07) is 21.8. The first-order chi connectivity index (χ1) is 16.9. The lowest BCUT2D eigenvalue weighted by molar-refractivity contribution is 0.382. The summed E-state index contributed by atoms with van der Waals surface area (Å²) in [4.78, 5) is 0. The molecule has 0 spiro atoms. The highest BCUT2D eigenvalue weighted by Crippen LogP contribution is 2.48. The lowest BCUT2D eigenvalue weighted by atomic mass is 9.86. The second-order valence-electron chi connectivity index (χ2n) is 9.35. The third kappa shape index (κ3) is 4.56. The zero-order chi connectivity index (χ0) is 26.3. The van der Waals surface area contributed by atoms with Crippen molar-refractivity contribution in [3.63, 3.8) is 0 Å². The number of anilines is 1. The molecule has 0 fully saturated rings. The molecule has 0 heterocycles. The Morgan fingerprint density at radius 1 is 0.639 bits per heavy atom. The van der Waals surface area contributed by atoms with E-state index in [2.05, 4.69) is 25.9 Å². The van der Waals surface area contributed by atoms with Gasteiger partial charge < -0.3 is 5.09 Å². The van der Waals surface area contributed by atoms with Gasteiger partial charge in [-0.25, -0.2) is 22.0 Å². The van der Waals surface area contributed by atoms with Crippen LogP contribution in [0.15, 0.2) is 78.9 Å². The highest BCUT2D eigenvalue weighted by molar-refractivity contribution is 7.80. The molecule has 0 amide bonds. The van der Waals surface area contributed by atoms with Gasteiger partial charge >= 0.3 is 0 Å². The monoisotopic (exact) mass is 515 g/mol. The van der Waals surface area contributed by atoms with Crippen LogP contribution in [0.2, 0.25) is 0 Å². The summed E-state index contributed by atoms with van der Waals surface area (Å²) in [5.41, 5.74) is 0.770. The number of benzene rings is 4. The molecule has 0 aliphatic rings. The van der Waals surface area contributed by atoms with Gasteiger partial charge in [0.15, 0.2) is 23.3 Å². The Kier molecular flexibility index (Phi) is 6.80. The number of rotatable bonds is 5. The number of hydrogen-bond donors (Lipinski definition) is 1. The van der Waals surface area contributed by atoms with Gasteiger partial charge in [-0.2, -0.15) is 0 Å². The minimum Gasteiger partial charge on any atom is -0.324 e. The summed E-state index contributed by atoms with van der Waals surface area (Å²) < 4.78 is 85.5. The average Bonchev–Trinajstić information content (AvgIpc) is 2.89. The van der Waals surface area contributed by atoms with Gasteiger partial charge in [0.1, 0.15) is 5.69 Å². The number of halogens is 5. The molecule has 1 unspecified atom stereocenters. The summed E-state index contributed by atoms with van der Waals surface area (Å²) in [5.74, 6) is -10.7. The molecule has 4 aromatic carbocycles. The molecule has 0 radical (unpaired) electrons. The van der Waals surface area contributed by atoms with E-state index in [1.807, 2.05) is 24.3 Å². The first-order valence-electron chi connectivity index (χ1n) is 11.1. The minimum atomic E-state index is -4.19. The fourth-order valence-electron chi connectivity index (χ4n) is 3.90. The van der Waals surface area contributed by atoms with E-state index in [0.29, 0.717) is 11.1 Å². The molecule has 1 atom stereocenters. The normalized spacial score (nSPS) is 13.3. The van der Waals surface area contributed by atoms with Crippen molar-refractivity contribution in [2.45, 2.75) is 26.2 Å². The highest BCUT2D eigenvalue weighted by Gasteiger charge is 2.35. The predicted octanol–water partition coefficient (Wildman–Crippen LogP) is 7.69. The van der Waals surface area contributed by atoms with Crippen LogP contribution in [0.1, 0.15) is 26.3 Å². The maximum absolute atomic E-state index is 14.6. The van der Waals surface area contributed by atoms with E-state index in [1.54, 1.807) is 36.4 Å². The quantitative estimate of drug-likeness (QED) is 0.128. The van der Waals surface area contributed by atoms with Crippen LogP contribution in [0.25, 0.3) is 11.1 Å². The first-order valence-corrected chi connectivity index (χ1v) is 12.8. The van der Waals surface area contributed by atoms with Crippen molar-refractivity contribution in [2.75, 3.05) is 5.09 Å². The third-order valence-corrected chi connectivity index (χ3v) is 8.54. The molecule has 36 heavy (non-hydrogen) atoms. The van der Waals surface area contributed by atoms with Gasteiger partial charge in [-0.15, -0.1) is 0 Å². The predicted molar refractivity (Wildman–Crippen MR) is 134 cm³/mol. The average molecular weight is 515 g/mol. The fraction of sp³-hybridized carbons (Fsp3) is 0.143. The first kappa shape index (κ1) is 25.6. The standard InChI is InChI=1S/C28H23F5NOP/c1-28(2,3)18-15-13-17(14-16-18)20-11-7-8-12-21(20)36(35,19-9-5-4-6-10-19)34-27-25(32)23(30)22(29)24(31)26(27)33/h4-16H,1-3H3,(H,34,35). The Hall–Kier alpha value is -3.44. The van der Waals surface area contributed by atoms with Gasteiger partial charge in [0.25, 0.3) is 0 Å². The molecule has 0 aromatic heterocycles. The van der Waals surface area contributed by atoms with E-state index in [0.717, 1.165) is 5.56 Å². The fourth-order valence-corrected chi connectivity index (χ4v) is 6.37. The van der Waals surface area contributed by atoms with Crippen LogP contribution in [0, 0.1) is 29.1 Å². The van der Waals surface area contributed by atoms with Crippen molar-refractivity contribution in [3.8, 4) is 11.1 Å². The second-order valence-corrected chi connectivity index (χ2v) is 11.8. The maximum Gasteiger partial charge on any atom is 0.227 e. The highest BCUT2D eigenvalue weighted by atomic mass is 31.2. The Morgan fingerprint density at radius 3 is 1.69 bits per heavy atom. The Balaban J connectivity index is 1.95. The van der Waals surface area contributed by atoms with E-state index in [-0.39, 0.29) is 16.0 Å². The topological polar surface area (TPSA) is 29.1 Å². The van der Waals surface area contributed by atoms with Crippen LogP contribution in [0.4, 0.5) is 27.6 Å². The van der Waals surface area contributed by atoms with Gasteiger partial charge in [0.05, 0.1) is 0 Å². The molecule has 0 aliphatic carbocycles. The van der Waals surface area contributed by atoms with Gasteiger partial charge in [0.2, 0.25) is 13.1 Å². The molecule has 0 aliphatic heterocycles. The lowest BCUT2D eigenvalue weighted by Crippen LogP contribution is -2.25. The van der Waals surface area contributed by atoms with Crippen molar-refractivity contribution in [1.29, 1.82) is 0 Å². The zero-order valence-electron chi connectivity index (χ0n) is 19.8. The Bertz CT molecular complexity index is 1440. The molecule has 4 aromatic rings. The van der Waals surface area contributed by atoms with Crippen molar-refractivity contribution >= 4 is 23.6 Å². The van der Waals surface area contributed by atoms with Crippen LogP contribution in [-0.4, -0.2) is 0 Å².